The van der Waals surface area contributed by atoms with E-state index in [0.29, 0.717) is 18.9 Å². The summed E-state index contributed by atoms with van der Waals surface area (Å²) in [5.74, 6) is 0.517. The van der Waals surface area contributed by atoms with Crippen LogP contribution in [0.5, 0.6) is 0 Å². The molecule has 6 nitrogen and oxygen atoms in total. The van der Waals surface area contributed by atoms with Crippen LogP contribution < -0.4 is 5.32 Å². The molecule has 1 N–H and O–H groups in total. The van der Waals surface area contributed by atoms with E-state index in [1.807, 2.05) is 24.3 Å². The van der Waals surface area contributed by atoms with E-state index in [-0.39, 0.29) is 23.6 Å². The molecule has 1 fully saturated rings. The molecule has 0 spiro atoms. The van der Waals surface area contributed by atoms with Crippen molar-refractivity contribution in [2.24, 2.45) is 5.92 Å². The molecule has 0 bridgehead atoms. The van der Waals surface area contributed by atoms with Crippen molar-refractivity contribution in [3.63, 3.8) is 0 Å². The van der Waals surface area contributed by atoms with Gasteiger partial charge in [-0.2, -0.15) is 0 Å². The number of aromatic nitrogens is 2. The molecule has 1 aromatic carbocycles. The second kappa shape index (κ2) is 7.49. The minimum absolute atomic E-state index is 0.0137. The van der Waals surface area contributed by atoms with Crippen LogP contribution in [0.25, 0.3) is 11.3 Å². The first-order valence-corrected chi connectivity index (χ1v) is 8.63. The Morgan fingerprint density at radius 2 is 2.08 bits per heavy atom. The molecule has 0 unspecified atom stereocenters. The Morgan fingerprint density at radius 1 is 1.19 bits per heavy atom. The number of hydrogen-bond acceptors (Lipinski definition) is 5. The Kier molecular flexibility index (Phi) is 4.75. The maximum atomic E-state index is 12.4. The van der Waals surface area contributed by atoms with E-state index in [0.717, 1.165) is 17.5 Å². The van der Waals surface area contributed by atoms with Crippen molar-refractivity contribution in [3.8, 4) is 11.3 Å². The third-order valence-electron chi connectivity index (χ3n) is 4.56. The molecule has 1 saturated heterocycles. The van der Waals surface area contributed by atoms with Crippen LogP contribution in [-0.2, 0) is 4.74 Å². The number of amides is 1. The van der Waals surface area contributed by atoms with Gasteiger partial charge in [0.15, 0.2) is 11.5 Å². The van der Waals surface area contributed by atoms with Gasteiger partial charge in [0.25, 0.3) is 5.91 Å². The summed E-state index contributed by atoms with van der Waals surface area (Å²) in [6.07, 6.45) is 4.28. The van der Waals surface area contributed by atoms with E-state index >= 15 is 0 Å². The molecule has 1 amide bonds. The van der Waals surface area contributed by atoms with Gasteiger partial charge in [0.1, 0.15) is 0 Å². The van der Waals surface area contributed by atoms with Crippen molar-refractivity contribution < 1.29 is 14.1 Å². The number of hydrogen-bond donors (Lipinski definition) is 1. The zero-order valence-electron chi connectivity index (χ0n) is 14.2. The summed E-state index contributed by atoms with van der Waals surface area (Å²) in [4.78, 5) is 16.4. The highest BCUT2D eigenvalue weighted by molar-refractivity contribution is 5.93. The lowest BCUT2D eigenvalue weighted by atomic mass is 9.95. The van der Waals surface area contributed by atoms with Crippen molar-refractivity contribution in [1.82, 2.24) is 15.5 Å². The van der Waals surface area contributed by atoms with Gasteiger partial charge in [-0.1, -0.05) is 35.5 Å². The topological polar surface area (TPSA) is 77.2 Å². The first-order chi connectivity index (χ1) is 12.8. The zero-order chi connectivity index (χ0) is 17.8. The summed E-state index contributed by atoms with van der Waals surface area (Å²) in [6, 6.07) is 15.4. The van der Waals surface area contributed by atoms with Gasteiger partial charge in [0.05, 0.1) is 6.10 Å². The predicted octanol–water partition coefficient (Wildman–Crippen LogP) is 3.24. The predicted molar refractivity (Wildman–Crippen MR) is 95.3 cm³/mol. The third-order valence-corrected chi connectivity index (χ3v) is 4.56. The van der Waals surface area contributed by atoms with E-state index in [4.69, 9.17) is 9.26 Å². The third kappa shape index (κ3) is 3.50. The summed E-state index contributed by atoms with van der Waals surface area (Å²) in [7, 11) is 0. The number of nitrogens with zero attached hydrogens (tertiary/aromatic N) is 2. The van der Waals surface area contributed by atoms with Crippen molar-refractivity contribution >= 4 is 5.91 Å². The molecule has 3 aromatic rings. The molecular weight excluding hydrogens is 330 g/mol. The number of carbonyl (C=O) groups excluding carboxylic acids is 1. The lowest BCUT2D eigenvalue weighted by Crippen LogP contribution is -2.30. The second-order valence-corrected chi connectivity index (χ2v) is 6.28. The number of pyridine rings is 1. The van der Waals surface area contributed by atoms with Crippen LogP contribution in [0, 0.1) is 5.92 Å². The van der Waals surface area contributed by atoms with E-state index in [9.17, 15) is 4.79 Å². The summed E-state index contributed by atoms with van der Waals surface area (Å²) in [5.41, 5.74) is 2.19. The summed E-state index contributed by atoms with van der Waals surface area (Å²) in [6.45, 7) is 1.24. The lowest BCUT2D eigenvalue weighted by molar-refractivity contribution is 0.0842. The van der Waals surface area contributed by atoms with Crippen molar-refractivity contribution in [3.05, 3.63) is 72.2 Å². The molecule has 2 aromatic heterocycles. The molecule has 26 heavy (non-hydrogen) atoms. The Bertz CT molecular complexity index is 864. The van der Waals surface area contributed by atoms with Crippen LogP contribution in [0.2, 0.25) is 0 Å². The molecule has 1 aliphatic rings. The Morgan fingerprint density at radius 3 is 2.88 bits per heavy atom. The van der Waals surface area contributed by atoms with Crippen LogP contribution in [0.1, 0.15) is 28.6 Å². The highest BCUT2D eigenvalue weighted by Crippen LogP contribution is 2.33. The van der Waals surface area contributed by atoms with E-state index in [2.05, 4.69) is 27.6 Å². The summed E-state index contributed by atoms with van der Waals surface area (Å²) < 4.78 is 11.1. The number of benzene rings is 1. The molecule has 6 heteroatoms. The largest absolute Gasteiger partial charge is 0.373 e. The number of ether oxygens (including phenoxy) is 1. The van der Waals surface area contributed by atoms with Crippen LogP contribution in [0.15, 0.2) is 65.4 Å². The van der Waals surface area contributed by atoms with E-state index in [1.54, 1.807) is 24.5 Å². The van der Waals surface area contributed by atoms with Crippen LogP contribution >= 0.6 is 0 Å². The Balaban J connectivity index is 1.39. The highest BCUT2D eigenvalue weighted by atomic mass is 16.5. The van der Waals surface area contributed by atoms with Gasteiger partial charge >= 0.3 is 0 Å². The fourth-order valence-corrected chi connectivity index (χ4v) is 3.20. The molecule has 0 saturated carbocycles. The van der Waals surface area contributed by atoms with Gasteiger partial charge in [-0.15, -0.1) is 0 Å². The van der Waals surface area contributed by atoms with Gasteiger partial charge < -0.3 is 14.6 Å². The molecule has 3 heterocycles. The monoisotopic (exact) mass is 349 g/mol. The van der Waals surface area contributed by atoms with Gasteiger partial charge in [-0.25, -0.2) is 0 Å². The summed E-state index contributed by atoms with van der Waals surface area (Å²) >= 11 is 0. The summed E-state index contributed by atoms with van der Waals surface area (Å²) in [5, 5.41) is 6.82. The average Bonchev–Trinajstić information content (AvgIpc) is 3.37. The van der Waals surface area contributed by atoms with Crippen LogP contribution in [0.4, 0.5) is 0 Å². The highest BCUT2D eigenvalue weighted by Gasteiger charge is 2.30. The Hall–Kier alpha value is -2.99. The van der Waals surface area contributed by atoms with Gasteiger partial charge in [-0.3, -0.25) is 9.78 Å². The van der Waals surface area contributed by atoms with E-state index < -0.39 is 0 Å². The average molecular weight is 349 g/mol. The SMILES string of the molecule is O=C(NC[C@@H]1CCO[C@H]1c1ccccc1)c1cc(-c2cccnc2)on1. The zero-order valence-corrected chi connectivity index (χ0v) is 14.2. The fraction of sp³-hybridized carbons (Fsp3) is 0.250. The molecule has 4 rings (SSSR count). The smallest absolute Gasteiger partial charge is 0.273 e. The molecule has 132 valence electrons. The standard InChI is InChI=1S/C20H19N3O3/c24-20(17-11-18(26-23-17)15-7-4-9-21-12-15)22-13-16-8-10-25-19(16)14-5-2-1-3-6-14/h1-7,9,11-12,16,19H,8,10,13H2,(H,22,24)/t16-,19-/m0/s1. The second-order valence-electron chi connectivity index (χ2n) is 6.28. The van der Waals surface area contributed by atoms with Gasteiger partial charge in [0.2, 0.25) is 0 Å². The quantitative estimate of drug-likeness (QED) is 0.765. The minimum atomic E-state index is -0.248. The van der Waals surface area contributed by atoms with Crippen molar-refractivity contribution in [1.29, 1.82) is 0 Å². The van der Waals surface area contributed by atoms with Crippen molar-refractivity contribution in [2.75, 3.05) is 13.2 Å². The first-order valence-electron chi connectivity index (χ1n) is 8.63. The Labute approximate surface area is 151 Å². The number of nitrogens with one attached hydrogen (secondary N) is 1. The van der Waals surface area contributed by atoms with Crippen LogP contribution in [0.3, 0.4) is 0 Å². The van der Waals surface area contributed by atoms with Gasteiger partial charge in [0, 0.05) is 43.1 Å². The van der Waals surface area contributed by atoms with Crippen LogP contribution in [-0.4, -0.2) is 29.2 Å². The molecule has 0 aliphatic carbocycles. The first kappa shape index (κ1) is 16.5. The van der Waals surface area contributed by atoms with Crippen molar-refractivity contribution in [2.45, 2.75) is 12.5 Å². The normalized spacial score (nSPS) is 19.4. The fourth-order valence-electron chi connectivity index (χ4n) is 3.20. The molecular formula is C20H19N3O3. The van der Waals surface area contributed by atoms with Gasteiger partial charge in [-0.05, 0) is 24.1 Å². The molecule has 0 radical (unpaired) electrons. The lowest BCUT2D eigenvalue weighted by Gasteiger charge is -2.19. The maximum absolute atomic E-state index is 12.4. The molecule has 1 aliphatic heterocycles. The maximum Gasteiger partial charge on any atom is 0.273 e. The number of carbonyl (C=O) groups is 1. The molecule has 2 atom stereocenters. The minimum Gasteiger partial charge on any atom is -0.373 e. The van der Waals surface area contributed by atoms with E-state index in [1.165, 1.54) is 0 Å². The number of rotatable bonds is 5.